The van der Waals surface area contributed by atoms with Gasteiger partial charge in [0, 0.05) is 6.61 Å². The Morgan fingerprint density at radius 3 is 1.75 bits per heavy atom. The monoisotopic (exact) mass is 356 g/mol. The second kappa shape index (κ2) is 10.2. The molecular formula is C15H17F5O4. The van der Waals surface area contributed by atoms with Crippen LogP contribution in [0.1, 0.15) is 30.1 Å². The average molecular weight is 356 g/mol. The number of benzene rings is 1. The molecule has 24 heavy (non-hydrogen) atoms. The van der Waals surface area contributed by atoms with Crippen molar-refractivity contribution in [3.05, 3.63) is 34.6 Å². The fraction of sp³-hybridized carbons (Fsp3) is 0.533. The van der Waals surface area contributed by atoms with E-state index in [1.165, 1.54) is 0 Å². The fourth-order valence-electron chi connectivity index (χ4n) is 1.62. The van der Waals surface area contributed by atoms with Gasteiger partial charge in [0.15, 0.2) is 23.3 Å². The lowest BCUT2D eigenvalue weighted by atomic mass is 10.1. The number of hydrogen-bond donors (Lipinski definition) is 0. The summed E-state index contributed by atoms with van der Waals surface area (Å²) in [5, 5.41) is 0. The van der Waals surface area contributed by atoms with Crippen LogP contribution in [0.4, 0.5) is 22.0 Å². The molecule has 0 N–H and O–H groups in total. The molecule has 1 aromatic rings. The number of hydrogen-bond acceptors (Lipinski definition) is 4. The topological polar surface area (TPSA) is 44.8 Å². The van der Waals surface area contributed by atoms with Gasteiger partial charge in [-0.25, -0.2) is 26.7 Å². The van der Waals surface area contributed by atoms with Gasteiger partial charge in [-0.15, -0.1) is 0 Å². The molecule has 0 aliphatic heterocycles. The number of carbonyl (C=O) groups is 1. The van der Waals surface area contributed by atoms with E-state index in [0.717, 1.165) is 12.8 Å². The van der Waals surface area contributed by atoms with Crippen molar-refractivity contribution in [2.45, 2.75) is 19.8 Å². The number of unbranched alkanes of at least 4 members (excludes halogenated alkanes) is 1. The second-order valence-corrected chi connectivity index (χ2v) is 4.66. The van der Waals surface area contributed by atoms with Crippen molar-refractivity contribution in [2.75, 3.05) is 33.0 Å². The zero-order valence-corrected chi connectivity index (χ0v) is 13.0. The highest BCUT2D eigenvalue weighted by Crippen LogP contribution is 2.23. The predicted octanol–water partition coefficient (Wildman–Crippen LogP) is 3.37. The molecule has 136 valence electrons. The first-order valence-corrected chi connectivity index (χ1v) is 7.25. The summed E-state index contributed by atoms with van der Waals surface area (Å²) in [6.45, 7) is 2.62. The van der Waals surface area contributed by atoms with Gasteiger partial charge in [-0.1, -0.05) is 13.3 Å². The zero-order valence-electron chi connectivity index (χ0n) is 13.0. The maximum Gasteiger partial charge on any atom is 0.344 e. The molecule has 0 heterocycles. The molecule has 0 atom stereocenters. The summed E-state index contributed by atoms with van der Waals surface area (Å²) in [6.07, 6.45) is 1.91. The molecule has 0 radical (unpaired) electrons. The highest BCUT2D eigenvalue weighted by atomic mass is 19.2. The van der Waals surface area contributed by atoms with Crippen molar-refractivity contribution in [3.8, 4) is 0 Å². The molecule has 4 nitrogen and oxygen atoms in total. The van der Waals surface area contributed by atoms with Crippen LogP contribution in [-0.4, -0.2) is 39.0 Å². The lowest BCUT2D eigenvalue weighted by Gasteiger charge is -2.09. The molecule has 0 unspecified atom stereocenters. The van der Waals surface area contributed by atoms with Crippen LogP contribution in [0.2, 0.25) is 0 Å². The Labute approximate surface area is 135 Å². The number of esters is 1. The molecule has 0 aliphatic carbocycles. The molecule has 0 saturated heterocycles. The number of ether oxygens (including phenoxy) is 3. The minimum Gasteiger partial charge on any atom is -0.459 e. The third-order valence-electron chi connectivity index (χ3n) is 2.89. The second-order valence-electron chi connectivity index (χ2n) is 4.66. The lowest BCUT2D eigenvalue weighted by Crippen LogP contribution is -2.18. The van der Waals surface area contributed by atoms with E-state index in [9.17, 15) is 26.7 Å². The third-order valence-corrected chi connectivity index (χ3v) is 2.89. The highest BCUT2D eigenvalue weighted by molar-refractivity contribution is 5.90. The van der Waals surface area contributed by atoms with E-state index in [-0.39, 0.29) is 13.2 Å². The van der Waals surface area contributed by atoms with Gasteiger partial charge >= 0.3 is 5.97 Å². The molecule has 0 aromatic heterocycles. The van der Waals surface area contributed by atoms with Crippen LogP contribution in [-0.2, 0) is 14.2 Å². The minimum absolute atomic E-state index is 0.113. The van der Waals surface area contributed by atoms with Crippen molar-refractivity contribution in [2.24, 2.45) is 0 Å². The Bertz CT molecular complexity index is 536. The number of halogens is 5. The van der Waals surface area contributed by atoms with Crippen LogP contribution in [0.3, 0.4) is 0 Å². The summed E-state index contributed by atoms with van der Waals surface area (Å²) in [7, 11) is 0. The van der Waals surface area contributed by atoms with Crippen LogP contribution in [0.5, 0.6) is 0 Å². The van der Waals surface area contributed by atoms with Crippen LogP contribution in [0.25, 0.3) is 0 Å². The minimum atomic E-state index is -2.34. The van der Waals surface area contributed by atoms with Crippen molar-refractivity contribution in [1.82, 2.24) is 0 Å². The largest absolute Gasteiger partial charge is 0.459 e. The van der Waals surface area contributed by atoms with Gasteiger partial charge in [-0.2, -0.15) is 0 Å². The van der Waals surface area contributed by atoms with Crippen LogP contribution < -0.4 is 0 Å². The van der Waals surface area contributed by atoms with Gasteiger partial charge in [0.25, 0.3) is 0 Å². The Balaban J connectivity index is 2.42. The summed E-state index contributed by atoms with van der Waals surface area (Å²) in [6, 6.07) is 0. The molecule has 1 aromatic carbocycles. The van der Waals surface area contributed by atoms with E-state index in [1.807, 2.05) is 6.92 Å². The first-order valence-electron chi connectivity index (χ1n) is 7.25. The molecule has 0 fully saturated rings. The van der Waals surface area contributed by atoms with E-state index >= 15 is 0 Å². The predicted molar refractivity (Wildman–Crippen MR) is 73.1 cm³/mol. The van der Waals surface area contributed by atoms with E-state index in [2.05, 4.69) is 4.74 Å². The quantitative estimate of drug-likeness (QED) is 0.212. The molecule has 0 amide bonds. The first kappa shape index (κ1) is 20.3. The maximum absolute atomic E-state index is 13.4. The first-order chi connectivity index (χ1) is 11.4. The molecule has 9 heteroatoms. The Hall–Kier alpha value is -1.74. The smallest absolute Gasteiger partial charge is 0.344 e. The standard InChI is InChI=1S/C15H17F5O4/c1-2-3-4-22-5-6-23-7-8-24-15(21)9-10(16)12(18)14(20)13(19)11(9)17/h2-8H2,1H3. The van der Waals surface area contributed by atoms with Crippen LogP contribution in [0, 0.1) is 29.1 Å². The maximum atomic E-state index is 13.4. The van der Waals surface area contributed by atoms with Crippen molar-refractivity contribution in [3.63, 3.8) is 0 Å². The molecule has 0 bridgehead atoms. The van der Waals surface area contributed by atoms with Crippen molar-refractivity contribution < 1.29 is 41.0 Å². The van der Waals surface area contributed by atoms with E-state index in [0.29, 0.717) is 13.2 Å². The van der Waals surface area contributed by atoms with Crippen LogP contribution in [0.15, 0.2) is 0 Å². The SMILES string of the molecule is CCCCOCCOCCOC(=O)c1c(F)c(F)c(F)c(F)c1F. The van der Waals surface area contributed by atoms with Gasteiger partial charge in [0.1, 0.15) is 12.2 Å². The van der Waals surface area contributed by atoms with E-state index in [4.69, 9.17) is 9.47 Å². The zero-order chi connectivity index (χ0) is 18.1. The van der Waals surface area contributed by atoms with Gasteiger partial charge in [0.2, 0.25) is 5.82 Å². The molecular weight excluding hydrogens is 339 g/mol. The van der Waals surface area contributed by atoms with E-state index in [1.54, 1.807) is 0 Å². The highest BCUT2D eigenvalue weighted by Gasteiger charge is 2.30. The summed E-state index contributed by atoms with van der Waals surface area (Å²) in [5.41, 5.74) is -1.63. The van der Waals surface area contributed by atoms with Gasteiger partial charge < -0.3 is 14.2 Å². The number of carbonyl (C=O) groups excluding carboxylic acids is 1. The fourth-order valence-corrected chi connectivity index (χ4v) is 1.62. The Morgan fingerprint density at radius 1 is 0.750 bits per heavy atom. The molecule has 0 spiro atoms. The van der Waals surface area contributed by atoms with E-state index < -0.39 is 47.2 Å². The summed E-state index contributed by atoms with van der Waals surface area (Å²) in [4.78, 5) is 11.5. The molecule has 0 aliphatic rings. The molecule has 1 rings (SSSR count). The van der Waals surface area contributed by atoms with Gasteiger partial charge in [-0.3, -0.25) is 0 Å². The van der Waals surface area contributed by atoms with Gasteiger partial charge in [0.05, 0.1) is 19.8 Å². The van der Waals surface area contributed by atoms with Crippen LogP contribution >= 0.6 is 0 Å². The third kappa shape index (κ3) is 5.41. The lowest BCUT2D eigenvalue weighted by molar-refractivity contribution is 0.0136. The van der Waals surface area contributed by atoms with Crippen molar-refractivity contribution >= 4 is 5.97 Å². The average Bonchev–Trinajstić information content (AvgIpc) is 2.57. The van der Waals surface area contributed by atoms with Gasteiger partial charge in [-0.05, 0) is 6.42 Å². The summed E-state index contributed by atoms with van der Waals surface area (Å²) in [5.74, 6) is -12.9. The molecule has 0 saturated carbocycles. The summed E-state index contributed by atoms with van der Waals surface area (Å²) >= 11 is 0. The number of rotatable bonds is 10. The normalized spacial score (nSPS) is 10.9. The summed E-state index contributed by atoms with van der Waals surface area (Å²) < 4.78 is 80.2. The Kier molecular flexibility index (Phi) is 8.62. The Morgan fingerprint density at radius 2 is 1.21 bits per heavy atom. The van der Waals surface area contributed by atoms with Crippen molar-refractivity contribution in [1.29, 1.82) is 0 Å².